The average Bonchev–Trinajstić information content (AvgIpc) is 3.47. The molecule has 2 unspecified atom stereocenters. The molecular formula is C32H37N3O4. The van der Waals surface area contributed by atoms with E-state index in [4.69, 9.17) is 0 Å². The Morgan fingerprint density at radius 2 is 1.56 bits per heavy atom. The van der Waals surface area contributed by atoms with E-state index in [0.717, 1.165) is 42.0 Å². The normalized spacial score (nSPS) is 19.4. The first kappa shape index (κ1) is 26.9. The summed E-state index contributed by atoms with van der Waals surface area (Å²) in [6, 6.07) is 21.5. The van der Waals surface area contributed by atoms with E-state index in [1.165, 1.54) is 6.42 Å². The van der Waals surface area contributed by atoms with Gasteiger partial charge in [0.1, 0.15) is 6.04 Å². The van der Waals surface area contributed by atoms with Gasteiger partial charge in [0.05, 0.1) is 6.04 Å². The third kappa shape index (κ3) is 6.48. The van der Waals surface area contributed by atoms with Crippen LogP contribution in [0.25, 0.3) is 10.8 Å². The summed E-state index contributed by atoms with van der Waals surface area (Å²) in [6.45, 7) is 0.439. The minimum Gasteiger partial charge on any atom is -0.381 e. The standard InChI is InChI=1S/C32H37N3O4/c36-29(31(38)33-26-14-5-2-6-15-26)28-16-9-19-35(28)32(39)27(20-22-10-3-1-4-11-22)34-30(37)25-18-17-23-12-7-8-13-24(23)21-25/h1,3-4,7-8,10-13,17-18,21,26-29,36H,2,5-6,9,14-16,19-20H2,(H,33,38)(H,34,37)/t27-,28?,29?/m0/s1. The predicted molar refractivity (Wildman–Crippen MR) is 151 cm³/mol. The van der Waals surface area contributed by atoms with E-state index in [2.05, 4.69) is 10.6 Å². The van der Waals surface area contributed by atoms with E-state index in [1.807, 2.05) is 66.7 Å². The molecule has 1 saturated heterocycles. The lowest BCUT2D eigenvalue weighted by molar-refractivity contribution is -0.141. The Morgan fingerprint density at radius 3 is 2.33 bits per heavy atom. The molecule has 7 nitrogen and oxygen atoms in total. The van der Waals surface area contributed by atoms with Crippen molar-refractivity contribution in [1.29, 1.82) is 0 Å². The zero-order valence-electron chi connectivity index (χ0n) is 22.2. The largest absolute Gasteiger partial charge is 0.381 e. The second-order valence-electron chi connectivity index (χ2n) is 10.8. The number of amides is 3. The summed E-state index contributed by atoms with van der Waals surface area (Å²) in [5.74, 6) is -1.02. The number of aliphatic hydroxyl groups is 1. The first-order valence-corrected chi connectivity index (χ1v) is 14.1. The number of rotatable bonds is 8. The van der Waals surface area contributed by atoms with Crippen molar-refractivity contribution in [3.63, 3.8) is 0 Å². The summed E-state index contributed by atoms with van der Waals surface area (Å²) < 4.78 is 0. The summed E-state index contributed by atoms with van der Waals surface area (Å²) >= 11 is 0. The molecule has 1 aliphatic heterocycles. The Bertz CT molecular complexity index is 1310. The maximum absolute atomic E-state index is 13.9. The highest BCUT2D eigenvalue weighted by Gasteiger charge is 2.40. The Balaban J connectivity index is 1.33. The van der Waals surface area contributed by atoms with Crippen LogP contribution in [0.2, 0.25) is 0 Å². The first-order chi connectivity index (χ1) is 19.0. The van der Waals surface area contributed by atoms with Gasteiger partial charge in [0.2, 0.25) is 5.91 Å². The van der Waals surface area contributed by atoms with E-state index < -0.39 is 24.1 Å². The molecule has 1 saturated carbocycles. The molecule has 3 aromatic rings. The predicted octanol–water partition coefficient (Wildman–Crippen LogP) is 3.98. The highest BCUT2D eigenvalue weighted by molar-refractivity contribution is 6.01. The van der Waals surface area contributed by atoms with Crippen LogP contribution in [0.1, 0.15) is 60.9 Å². The molecule has 3 atom stereocenters. The molecule has 0 aromatic heterocycles. The molecule has 2 fully saturated rings. The van der Waals surface area contributed by atoms with Crippen LogP contribution in [0.15, 0.2) is 72.8 Å². The fourth-order valence-corrected chi connectivity index (χ4v) is 5.92. The van der Waals surface area contributed by atoms with E-state index in [-0.39, 0.29) is 17.9 Å². The Morgan fingerprint density at radius 1 is 0.846 bits per heavy atom. The Kier molecular flexibility index (Phi) is 8.57. The zero-order chi connectivity index (χ0) is 27.2. The Hall–Kier alpha value is -3.71. The van der Waals surface area contributed by atoms with Crippen molar-refractivity contribution in [2.24, 2.45) is 0 Å². The number of likely N-dealkylation sites (tertiary alicyclic amines) is 1. The van der Waals surface area contributed by atoms with Gasteiger partial charge in [-0.3, -0.25) is 14.4 Å². The molecule has 1 aliphatic carbocycles. The fourth-order valence-electron chi connectivity index (χ4n) is 5.92. The van der Waals surface area contributed by atoms with Crippen LogP contribution in [0.5, 0.6) is 0 Å². The van der Waals surface area contributed by atoms with Gasteiger partial charge < -0.3 is 20.6 Å². The molecule has 3 amide bonds. The molecule has 204 valence electrons. The van der Waals surface area contributed by atoms with Crippen molar-refractivity contribution in [2.45, 2.75) is 75.6 Å². The van der Waals surface area contributed by atoms with Gasteiger partial charge in [-0.25, -0.2) is 0 Å². The van der Waals surface area contributed by atoms with Gasteiger partial charge in [-0.05, 0) is 54.2 Å². The molecule has 0 radical (unpaired) electrons. The van der Waals surface area contributed by atoms with Crippen LogP contribution in [-0.4, -0.2) is 58.5 Å². The highest BCUT2D eigenvalue weighted by Crippen LogP contribution is 2.24. The maximum atomic E-state index is 13.9. The number of nitrogens with one attached hydrogen (secondary N) is 2. The van der Waals surface area contributed by atoms with Crippen LogP contribution in [0.3, 0.4) is 0 Å². The van der Waals surface area contributed by atoms with Crippen LogP contribution < -0.4 is 10.6 Å². The quantitative estimate of drug-likeness (QED) is 0.413. The van der Waals surface area contributed by atoms with Crippen molar-refractivity contribution < 1.29 is 19.5 Å². The first-order valence-electron chi connectivity index (χ1n) is 14.1. The molecule has 2 aliphatic rings. The van der Waals surface area contributed by atoms with Gasteiger partial charge in [0, 0.05) is 24.6 Å². The zero-order valence-corrected chi connectivity index (χ0v) is 22.2. The summed E-state index contributed by atoms with van der Waals surface area (Å²) in [7, 11) is 0. The number of fused-ring (bicyclic) bond motifs is 1. The van der Waals surface area contributed by atoms with Crippen LogP contribution in [0.4, 0.5) is 0 Å². The lowest BCUT2D eigenvalue weighted by Crippen LogP contribution is -2.56. The van der Waals surface area contributed by atoms with Gasteiger partial charge in [0.25, 0.3) is 11.8 Å². The number of nitrogens with zero attached hydrogens (tertiary/aromatic N) is 1. The monoisotopic (exact) mass is 527 g/mol. The lowest BCUT2D eigenvalue weighted by atomic mass is 9.95. The molecular weight excluding hydrogens is 490 g/mol. The molecule has 0 bridgehead atoms. The molecule has 3 aromatic carbocycles. The summed E-state index contributed by atoms with van der Waals surface area (Å²) in [5, 5.41) is 18.9. The molecule has 5 rings (SSSR count). The minimum atomic E-state index is -1.30. The second-order valence-corrected chi connectivity index (χ2v) is 10.8. The average molecular weight is 528 g/mol. The van der Waals surface area contributed by atoms with E-state index in [0.29, 0.717) is 31.4 Å². The van der Waals surface area contributed by atoms with Gasteiger partial charge in [-0.2, -0.15) is 0 Å². The lowest BCUT2D eigenvalue weighted by Gasteiger charge is -2.32. The molecule has 39 heavy (non-hydrogen) atoms. The number of benzene rings is 3. The van der Waals surface area contributed by atoms with E-state index >= 15 is 0 Å². The number of hydrogen-bond acceptors (Lipinski definition) is 4. The summed E-state index contributed by atoms with van der Waals surface area (Å²) in [5.41, 5.74) is 1.39. The second kappa shape index (κ2) is 12.4. The molecule has 7 heteroatoms. The summed E-state index contributed by atoms with van der Waals surface area (Å²) in [4.78, 5) is 41.8. The van der Waals surface area contributed by atoms with Crippen molar-refractivity contribution in [3.8, 4) is 0 Å². The van der Waals surface area contributed by atoms with Crippen molar-refractivity contribution in [3.05, 3.63) is 83.9 Å². The van der Waals surface area contributed by atoms with Crippen molar-refractivity contribution >= 4 is 28.5 Å². The number of carbonyl (C=O) groups excluding carboxylic acids is 3. The fraction of sp³-hybridized carbons (Fsp3) is 0.406. The topological polar surface area (TPSA) is 98.7 Å². The van der Waals surface area contributed by atoms with Gasteiger partial charge in [-0.1, -0.05) is 79.9 Å². The van der Waals surface area contributed by atoms with Crippen LogP contribution >= 0.6 is 0 Å². The maximum Gasteiger partial charge on any atom is 0.251 e. The third-order valence-corrected chi connectivity index (χ3v) is 8.06. The van der Waals surface area contributed by atoms with Gasteiger partial charge in [0.15, 0.2) is 6.10 Å². The molecule has 1 heterocycles. The summed E-state index contributed by atoms with van der Waals surface area (Å²) in [6.07, 6.45) is 5.42. The van der Waals surface area contributed by atoms with Crippen LogP contribution in [-0.2, 0) is 16.0 Å². The van der Waals surface area contributed by atoms with E-state index in [1.54, 1.807) is 11.0 Å². The van der Waals surface area contributed by atoms with Gasteiger partial charge in [-0.15, -0.1) is 0 Å². The number of aliphatic hydroxyl groups excluding tert-OH is 1. The third-order valence-electron chi connectivity index (χ3n) is 8.06. The van der Waals surface area contributed by atoms with Crippen molar-refractivity contribution in [2.75, 3.05) is 6.54 Å². The Labute approximate surface area is 229 Å². The number of carbonyl (C=O) groups is 3. The highest BCUT2D eigenvalue weighted by atomic mass is 16.3. The van der Waals surface area contributed by atoms with Crippen molar-refractivity contribution in [1.82, 2.24) is 15.5 Å². The van der Waals surface area contributed by atoms with E-state index in [9.17, 15) is 19.5 Å². The SMILES string of the molecule is O=C(N[C@@H](Cc1ccccc1)C(=O)N1CCCC1C(O)C(=O)NC1CCCCC1)c1ccc2ccccc2c1. The number of hydrogen-bond donors (Lipinski definition) is 3. The molecule has 0 spiro atoms. The molecule has 3 N–H and O–H groups in total. The smallest absolute Gasteiger partial charge is 0.251 e. The van der Waals surface area contributed by atoms with Gasteiger partial charge >= 0.3 is 0 Å². The van der Waals surface area contributed by atoms with Crippen LogP contribution in [0, 0.1) is 0 Å². The minimum absolute atomic E-state index is 0.0820.